The minimum absolute atomic E-state index is 0.573. The Bertz CT molecular complexity index is 690. The molecule has 0 radical (unpaired) electrons. The Morgan fingerprint density at radius 3 is 1.91 bits per heavy atom. The molecule has 1 aliphatic heterocycles. The molecule has 118 valence electrons. The maximum atomic E-state index is 12.5. The van der Waals surface area contributed by atoms with E-state index in [-0.39, 0.29) is 0 Å². The highest BCUT2D eigenvalue weighted by atomic mass is 16.6. The number of nitrogens with one attached hydrogen (secondary N) is 1. The Balaban J connectivity index is 2.32. The third-order valence-corrected chi connectivity index (χ3v) is 4.26. The minimum atomic E-state index is -1.39. The van der Waals surface area contributed by atoms with Crippen molar-refractivity contribution in [1.82, 2.24) is 5.32 Å². The van der Waals surface area contributed by atoms with Gasteiger partial charge in [0.2, 0.25) is 0 Å². The summed E-state index contributed by atoms with van der Waals surface area (Å²) in [7, 11) is 1.29. The predicted octanol–water partition coefficient (Wildman–Crippen LogP) is 2.60. The first kappa shape index (κ1) is 15.1. The van der Waals surface area contributed by atoms with E-state index < -0.39 is 23.2 Å². The van der Waals surface area contributed by atoms with Crippen molar-refractivity contribution >= 4 is 12.1 Å². The highest BCUT2D eigenvalue weighted by molar-refractivity contribution is 5.91. The van der Waals surface area contributed by atoms with E-state index >= 15 is 0 Å². The Kier molecular flexibility index (Phi) is 3.56. The Labute approximate surface area is 134 Å². The Hall–Kier alpha value is -2.82. The normalized spacial score (nSPS) is 22.1. The summed E-state index contributed by atoms with van der Waals surface area (Å²) in [5.41, 5.74) is -1.31. The van der Waals surface area contributed by atoms with Gasteiger partial charge in [0.25, 0.3) is 0 Å². The van der Waals surface area contributed by atoms with Gasteiger partial charge in [-0.05, 0) is 6.92 Å². The molecule has 1 amide bonds. The molecule has 0 aromatic heterocycles. The van der Waals surface area contributed by atoms with Crippen LogP contribution in [0.5, 0.6) is 0 Å². The monoisotopic (exact) mass is 311 g/mol. The molecule has 0 spiro atoms. The molecule has 0 unspecified atom stereocenters. The predicted molar refractivity (Wildman–Crippen MR) is 83.7 cm³/mol. The van der Waals surface area contributed by atoms with Crippen LogP contribution < -0.4 is 5.32 Å². The van der Waals surface area contributed by atoms with Crippen molar-refractivity contribution in [2.24, 2.45) is 0 Å². The van der Waals surface area contributed by atoms with Crippen molar-refractivity contribution in [3.05, 3.63) is 71.8 Å². The highest BCUT2D eigenvalue weighted by Gasteiger charge is 2.65. The van der Waals surface area contributed by atoms with Gasteiger partial charge in [-0.25, -0.2) is 9.59 Å². The zero-order valence-electron chi connectivity index (χ0n) is 12.9. The summed E-state index contributed by atoms with van der Waals surface area (Å²) in [5.74, 6) is -0.573. The number of esters is 1. The van der Waals surface area contributed by atoms with Crippen molar-refractivity contribution in [3.63, 3.8) is 0 Å². The molecule has 1 saturated heterocycles. The first-order valence-corrected chi connectivity index (χ1v) is 7.25. The van der Waals surface area contributed by atoms with Crippen LogP contribution in [-0.4, -0.2) is 24.7 Å². The van der Waals surface area contributed by atoms with Crippen LogP contribution in [0, 0.1) is 0 Å². The zero-order chi connectivity index (χ0) is 16.5. The smallest absolute Gasteiger partial charge is 0.409 e. The maximum Gasteiger partial charge on any atom is 0.409 e. The number of hydrogen-bond donors (Lipinski definition) is 1. The molecule has 1 heterocycles. The lowest BCUT2D eigenvalue weighted by Gasteiger charge is -2.38. The van der Waals surface area contributed by atoms with Crippen LogP contribution >= 0.6 is 0 Å². The second-order valence-electron chi connectivity index (χ2n) is 5.54. The molecule has 1 atom stereocenters. The largest absolute Gasteiger partial charge is 0.467 e. The maximum absolute atomic E-state index is 12.5. The lowest BCUT2D eigenvalue weighted by molar-refractivity contribution is -0.152. The lowest BCUT2D eigenvalue weighted by Crippen LogP contribution is -2.59. The SMILES string of the molecule is COC(=O)[C@]1(C)NC(=O)OC1(c1ccccc1)c1ccccc1. The molecule has 5 heteroatoms. The van der Waals surface area contributed by atoms with Crippen LogP contribution in [0.25, 0.3) is 0 Å². The fraction of sp³-hybridized carbons (Fsp3) is 0.222. The van der Waals surface area contributed by atoms with Crippen molar-refractivity contribution < 1.29 is 19.1 Å². The van der Waals surface area contributed by atoms with Gasteiger partial charge >= 0.3 is 12.1 Å². The second-order valence-corrected chi connectivity index (χ2v) is 5.54. The van der Waals surface area contributed by atoms with Gasteiger partial charge in [0.05, 0.1) is 7.11 Å². The molecular weight excluding hydrogens is 294 g/mol. The first-order valence-electron chi connectivity index (χ1n) is 7.25. The molecule has 5 nitrogen and oxygen atoms in total. The summed E-state index contributed by atoms with van der Waals surface area (Å²) >= 11 is 0. The molecule has 3 rings (SSSR count). The summed E-state index contributed by atoms with van der Waals surface area (Å²) in [6, 6.07) is 18.4. The molecule has 0 aliphatic carbocycles. The number of methoxy groups -OCH3 is 1. The molecule has 23 heavy (non-hydrogen) atoms. The van der Waals surface area contributed by atoms with E-state index in [1.54, 1.807) is 6.92 Å². The second kappa shape index (κ2) is 5.43. The molecular formula is C18H17NO4. The molecule has 2 aromatic carbocycles. The van der Waals surface area contributed by atoms with Crippen LogP contribution in [0.2, 0.25) is 0 Å². The molecule has 1 N–H and O–H groups in total. The summed E-state index contributed by atoms with van der Waals surface area (Å²) in [6.45, 7) is 1.61. The number of cyclic esters (lactones) is 1. The number of ether oxygens (including phenoxy) is 2. The molecule has 0 saturated carbocycles. The van der Waals surface area contributed by atoms with E-state index in [0.29, 0.717) is 11.1 Å². The Morgan fingerprint density at radius 2 is 1.48 bits per heavy atom. The van der Waals surface area contributed by atoms with Crippen LogP contribution in [0.1, 0.15) is 18.1 Å². The van der Waals surface area contributed by atoms with E-state index in [4.69, 9.17) is 9.47 Å². The van der Waals surface area contributed by atoms with E-state index in [1.165, 1.54) is 7.11 Å². The highest BCUT2D eigenvalue weighted by Crippen LogP contribution is 2.47. The standard InChI is InChI=1S/C18H17NO4/c1-17(15(20)22-2)18(23-16(21)19-17,13-9-5-3-6-10-13)14-11-7-4-8-12-14/h3-12H,1-2H3,(H,19,21)/t17-/m0/s1. The van der Waals surface area contributed by atoms with E-state index in [9.17, 15) is 9.59 Å². The van der Waals surface area contributed by atoms with E-state index in [0.717, 1.165) is 0 Å². The fourth-order valence-electron chi connectivity index (χ4n) is 3.17. The third-order valence-electron chi connectivity index (χ3n) is 4.26. The average Bonchev–Trinajstić information content (AvgIpc) is 2.88. The molecule has 1 aliphatic rings. The Morgan fingerprint density at radius 1 is 1.00 bits per heavy atom. The van der Waals surface area contributed by atoms with E-state index in [1.807, 2.05) is 60.7 Å². The zero-order valence-corrected chi connectivity index (χ0v) is 12.9. The minimum Gasteiger partial charge on any atom is -0.467 e. The quantitative estimate of drug-likeness (QED) is 0.885. The summed E-state index contributed by atoms with van der Waals surface area (Å²) in [5, 5.41) is 2.63. The van der Waals surface area contributed by atoms with Crippen molar-refractivity contribution in [2.45, 2.75) is 18.1 Å². The van der Waals surface area contributed by atoms with Gasteiger partial charge in [0.15, 0.2) is 11.1 Å². The molecule has 1 fully saturated rings. The van der Waals surface area contributed by atoms with Crippen LogP contribution in [0.15, 0.2) is 60.7 Å². The number of amides is 1. The van der Waals surface area contributed by atoms with Gasteiger partial charge in [-0.1, -0.05) is 60.7 Å². The number of rotatable bonds is 3. The number of carbonyl (C=O) groups is 2. The van der Waals surface area contributed by atoms with Crippen molar-refractivity contribution in [3.8, 4) is 0 Å². The third kappa shape index (κ3) is 2.08. The average molecular weight is 311 g/mol. The lowest BCUT2D eigenvalue weighted by atomic mass is 9.72. The van der Waals surface area contributed by atoms with Crippen molar-refractivity contribution in [1.29, 1.82) is 0 Å². The molecule has 0 bridgehead atoms. The van der Waals surface area contributed by atoms with Gasteiger partial charge in [-0.2, -0.15) is 0 Å². The number of hydrogen-bond acceptors (Lipinski definition) is 4. The number of alkyl carbamates (subject to hydrolysis) is 1. The van der Waals surface area contributed by atoms with Crippen LogP contribution in [-0.2, 0) is 19.9 Å². The van der Waals surface area contributed by atoms with Crippen LogP contribution in [0.4, 0.5) is 4.79 Å². The van der Waals surface area contributed by atoms with Gasteiger partial charge in [-0.15, -0.1) is 0 Å². The fourth-order valence-corrected chi connectivity index (χ4v) is 3.17. The number of carbonyl (C=O) groups excluding carboxylic acids is 2. The van der Waals surface area contributed by atoms with Crippen molar-refractivity contribution in [2.75, 3.05) is 7.11 Å². The van der Waals surface area contributed by atoms with Gasteiger partial charge in [-0.3, -0.25) is 0 Å². The summed E-state index contributed by atoms with van der Waals surface area (Å²) in [6.07, 6.45) is -0.661. The number of benzene rings is 2. The van der Waals surface area contributed by atoms with Gasteiger partial charge < -0.3 is 14.8 Å². The van der Waals surface area contributed by atoms with E-state index in [2.05, 4.69) is 5.32 Å². The summed E-state index contributed by atoms with van der Waals surface area (Å²) < 4.78 is 10.7. The molecule has 2 aromatic rings. The van der Waals surface area contributed by atoms with Gasteiger partial charge in [0, 0.05) is 11.1 Å². The van der Waals surface area contributed by atoms with Gasteiger partial charge in [0.1, 0.15) is 0 Å². The summed E-state index contributed by atoms with van der Waals surface area (Å²) in [4.78, 5) is 24.6. The van der Waals surface area contributed by atoms with Crippen LogP contribution in [0.3, 0.4) is 0 Å². The first-order chi connectivity index (χ1) is 11.0. The topological polar surface area (TPSA) is 64.6 Å².